The van der Waals surface area contributed by atoms with Crippen LogP contribution in [0.1, 0.15) is 29.0 Å². The first-order chi connectivity index (χ1) is 11.6. The van der Waals surface area contributed by atoms with Gasteiger partial charge in [-0.1, -0.05) is 6.07 Å². The maximum absolute atomic E-state index is 12.4. The molecule has 0 unspecified atom stereocenters. The first kappa shape index (κ1) is 16.3. The zero-order valence-corrected chi connectivity index (χ0v) is 14.2. The van der Waals surface area contributed by atoms with Gasteiger partial charge in [0.15, 0.2) is 0 Å². The normalized spacial score (nSPS) is 18.8. The number of nitrogens with one attached hydrogen (secondary N) is 1. The van der Waals surface area contributed by atoms with Crippen molar-refractivity contribution in [2.45, 2.75) is 25.8 Å². The lowest BCUT2D eigenvalue weighted by molar-refractivity contribution is -0.122. The fourth-order valence-electron chi connectivity index (χ4n) is 2.99. The van der Waals surface area contributed by atoms with Crippen LogP contribution in [0, 0.1) is 12.8 Å². The van der Waals surface area contributed by atoms with E-state index in [0.717, 1.165) is 34.6 Å². The van der Waals surface area contributed by atoms with Gasteiger partial charge in [-0.15, -0.1) is 0 Å². The second-order valence-electron chi connectivity index (χ2n) is 6.14. The first-order valence-electron chi connectivity index (χ1n) is 8.02. The number of carbonyl (C=O) groups excluding carboxylic acids is 1. The lowest BCUT2D eigenvalue weighted by Gasteiger charge is -2.10. The molecule has 5 nitrogen and oxygen atoms in total. The molecule has 0 aliphatic heterocycles. The summed E-state index contributed by atoms with van der Waals surface area (Å²) in [7, 11) is 3.28. The Morgan fingerprint density at radius 3 is 2.79 bits per heavy atom. The summed E-state index contributed by atoms with van der Waals surface area (Å²) >= 11 is 0. The third kappa shape index (κ3) is 3.50. The molecule has 1 fully saturated rings. The highest BCUT2D eigenvalue weighted by Crippen LogP contribution is 2.51. The number of aryl methyl sites for hydroxylation is 1. The van der Waals surface area contributed by atoms with Crippen molar-refractivity contribution in [1.82, 2.24) is 10.3 Å². The maximum atomic E-state index is 12.4. The lowest BCUT2D eigenvalue weighted by atomic mass is 10.1. The number of amides is 1. The van der Waals surface area contributed by atoms with Crippen LogP contribution in [0.15, 0.2) is 36.7 Å². The maximum Gasteiger partial charge on any atom is 0.224 e. The van der Waals surface area contributed by atoms with Gasteiger partial charge in [-0.2, -0.15) is 0 Å². The van der Waals surface area contributed by atoms with Gasteiger partial charge in [-0.05, 0) is 42.7 Å². The van der Waals surface area contributed by atoms with E-state index in [1.165, 1.54) is 0 Å². The Labute approximate surface area is 142 Å². The molecule has 1 amide bonds. The summed E-state index contributed by atoms with van der Waals surface area (Å²) in [6.45, 7) is 2.50. The zero-order valence-electron chi connectivity index (χ0n) is 14.2. The Kier molecular flexibility index (Phi) is 4.69. The van der Waals surface area contributed by atoms with Crippen molar-refractivity contribution < 1.29 is 14.3 Å². The summed E-state index contributed by atoms with van der Waals surface area (Å²) in [6, 6.07) is 7.74. The van der Waals surface area contributed by atoms with Crippen LogP contribution in [0.4, 0.5) is 0 Å². The first-order valence-corrected chi connectivity index (χ1v) is 8.02. The lowest BCUT2D eigenvalue weighted by Crippen LogP contribution is -2.25. The SMILES string of the molecule is COc1ccc(OC)c([C@H]2C[C@H]2C(=O)NCc2cncc(C)c2)c1. The number of hydrogen-bond donors (Lipinski definition) is 1. The Morgan fingerprint density at radius 2 is 2.08 bits per heavy atom. The van der Waals surface area contributed by atoms with Crippen LogP contribution in [0.3, 0.4) is 0 Å². The molecule has 0 saturated heterocycles. The van der Waals surface area contributed by atoms with Gasteiger partial charge >= 0.3 is 0 Å². The molecule has 24 heavy (non-hydrogen) atoms. The van der Waals surface area contributed by atoms with Crippen molar-refractivity contribution >= 4 is 5.91 Å². The molecule has 0 radical (unpaired) electrons. The number of carbonyl (C=O) groups is 1. The minimum Gasteiger partial charge on any atom is -0.497 e. The topological polar surface area (TPSA) is 60.5 Å². The molecule has 1 aliphatic carbocycles. The highest BCUT2D eigenvalue weighted by molar-refractivity contribution is 5.83. The summed E-state index contributed by atoms with van der Waals surface area (Å²) in [4.78, 5) is 16.5. The number of ether oxygens (including phenoxy) is 2. The molecular weight excluding hydrogens is 304 g/mol. The van der Waals surface area contributed by atoms with E-state index in [0.29, 0.717) is 6.54 Å². The molecular formula is C19H22N2O3. The molecule has 1 aromatic heterocycles. The number of pyridine rings is 1. The van der Waals surface area contributed by atoms with Gasteiger partial charge in [-0.25, -0.2) is 0 Å². The van der Waals surface area contributed by atoms with Crippen LogP contribution in [0.2, 0.25) is 0 Å². The van der Waals surface area contributed by atoms with E-state index in [2.05, 4.69) is 10.3 Å². The number of aromatic nitrogens is 1. The molecule has 1 saturated carbocycles. The molecule has 1 N–H and O–H groups in total. The number of methoxy groups -OCH3 is 2. The summed E-state index contributed by atoms with van der Waals surface area (Å²) in [5.74, 6) is 1.84. The quantitative estimate of drug-likeness (QED) is 0.887. The Bertz CT molecular complexity index is 745. The van der Waals surface area contributed by atoms with Crippen molar-refractivity contribution in [2.75, 3.05) is 14.2 Å². The van der Waals surface area contributed by atoms with Gasteiger partial charge in [0.05, 0.1) is 14.2 Å². The Morgan fingerprint density at radius 1 is 1.25 bits per heavy atom. The number of nitrogens with zero attached hydrogens (tertiary/aromatic N) is 1. The molecule has 1 heterocycles. The largest absolute Gasteiger partial charge is 0.497 e. The molecule has 0 spiro atoms. The predicted octanol–water partition coefficient (Wildman–Crippen LogP) is 2.83. The van der Waals surface area contributed by atoms with E-state index in [4.69, 9.17) is 9.47 Å². The average molecular weight is 326 g/mol. The van der Waals surface area contributed by atoms with E-state index in [1.54, 1.807) is 26.6 Å². The second kappa shape index (κ2) is 6.91. The van der Waals surface area contributed by atoms with Crippen molar-refractivity contribution in [1.29, 1.82) is 0 Å². The molecule has 126 valence electrons. The van der Waals surface area contributed by atoms with Gasteiger partial charge in [0.2, 0.25) is 5.91 Å². The predicted molar refractivity (Wildman–Crippen MR) is 91.2 cm³/mol. The fraction of sp³-hybridized carbons (Fsp3) is 0.368. The number of hydrogen-bond acceptors (Lipinski definition) is 4. The van der Waals surface area contributed by atoms with Crippen LogP contribution in [-0.2, 0) is 11.3 Å². The molecule has 5 heteroatoms. The minimum atomic E-state index is -0.0104. The van der Waals surface area contributed by atoms with E-state index in [1.807, 2.05) is 31.2 Å². The Balaban J connectivity index is 1.63. The van der Waals surface area contributed by atoms with Gasteiger partial charge < -0.3 is 14.8 Å². The van der Waals surface area contributed by atoms with Gasteiger partial charge in [0.1, 0.15) is 11.5 Å². The van der Waals surface area contributed by atoms with E-state index >= 15 is 0 Å². The summed E-state index contributed by atoms with van der Waals surface area (Å²) < 4.78 is 10.7. The van der Waals surface area contributed by atoms with Crippen LogP contribution < -0.4 is 14.8 Å². The van der Waals surface area contributed by atoms with Crippen molar-refractivity contribution in [3.8, 4) is 11.5 Å². The van der Waals surface area contributed by atoms with Crippen LogP contribution >= 0.6 is 0 Å². The van der Waals surface area contributed by atoms with Crippen molar-refractivity contribution in [3.63, 3.8) is 0 Å². The van der Waals surface area contributed by atoms with Gasteiger partial charge in [0.25, 0.3) is 0 Å². The summed E-state index contributed by atoms with van der Waals surface area (Å²) in [6.07, 6.45) is 4.42. The van der Waals surface area contributed by atoms with Crippen molar-refractivity contribution in [2.24, 2.45) is 5.92 Å². The van der Waals surface area contributed by atoms with Crippen LogP contribution in [0.5, 0.6) is 11.5 Å². The molecule has 2 atom stereocenters. The summed E-state index contributed by atoms with van der Waals surface area (Å²) in [5, 5.41) is 3.00. The molecule has 3 rings (SSSR count). The van der Waals surface area contributed by atoms with Crippen LogP contribution in [0.25, 0.3) is 0 Å². The molecule has 0 bridgehead atoms. The second-order valence-corrected chi connectivity index (χ2v) is 6.14. The minimum absolute atomic E-state index is 0.0104. The smallest absolute Gasteiger partial charge is 0.224 e. The Hall–Kier alpha value is -2.56. The van der Waals surface area contributed by atoms with Gasteiger partial charge in [0, 0.05) is 36.3 Å². The molecule has 1 aromatic carbocycles. The van der Waals surface area contributed by atoms with Crippen LogP contribution in [-0.4, -0.2) is 25.1 Å². The molecule has 1 aliphatic rings. The van der Waals surface area contributed by atoms with Crippen molar-refractivity contribution in [3.05, 3.63) is 53.3 Å². The van der Waals surface area contributed by atoms with E-state index in [-0.39, 0.29) is 17.7 Å². The van der Waals surface area contributed by atoms with E-state index < -0.39 is 0 Å². The fourth-order valence-corrected chi connectivity index (χ4v) is 2.99. The van der Waals surface area contributed by atoms with Gasteiger partial charge in [-0.3, -0.25) is 9.78 Å². The zero-order chi connectivity index (χ0) is 17.1. The summed E-state index contributed by atoms with van der Waals surface area (Å²) in [5.41, 5.74) is 3.14. The van der Waals surface area contributed by atoms with E-state index in [9.17, 15) is 4.79 Å². The average Bonchev–Trinajstić information content (AvgIpc) is 3.40. The standard InChI is InChI=1S/C19H22N2O3/c1-12-6-13(10-20-9-12)11-21-19(22)17-8-15(17)16-7-14(23-2)4-5-18(16)24-3/h4-7,9-10,15,17H,8,11H2,1-3H3,(H,21,22)/t15-,17-/m1/s1. The number of benzene rings is 1. The molecule has 2 aromatic rings. The highest BCUT2D eigenvalue weighted by atomic mass is 16.5. The number of rotatable bonds is 6. The third-order valence-electron chi connectivity index (χ3n) is 4.36. The third-order valence-corrected chi connectivity index (χ3v) is 4.36. The highest BCUT2D eigenvalue weighted by Gasteiger charge is 2.45. The monoisotopic (exact) mass is 326 g/mol.